The third kappa shape index (κ3) is 3.35. The molecule has 0 aromatic heterocycles. The number of benzene rings is 1. The highest BCUT2D eigenvalue weighted by atomic mass is 16.5. The Morgan fingerprint density at radius 3 is 2.76 bits per heavy atom. The molecule has 0 spiro atoms. The molecule has 1 rings (SSSR count). The number of nitrogens with two attached hydrogens (primary N) is 1. The van der Waals surface area contributed by atoms with Crippen molar-refractivity contribution in [3.8, 4) is 0 Å². The molecule has 17 heavy (non-hydrogen) atoms. The predicted octanol–water partition coefficient (Wildman–Crippen LogP) is 1.56. The molecule has 0 saturated carbocycles. The molecule has 1 aromatic carbocycles. The maximum atomic E-state index is 11.6. The van der Waals surface area contributed by atoms with Gasteiger partial charge in [0.05, 0.1) is 6.61 Å². The van der Waals surface area contributed by atoms with Crippen LogP contribution in [0, 0.1) is 4.91 Å². The molecule has 0 amide bonds. The highest BCUT2D eigenvalue weighted by Gasteiger charge is 2.24. The summed E-state index contributed by atoms with van der Waals surface area (Å²) >= 11 is 0. The number of hydrogen-bond acceptors (Lipinski definition) is 5. The second-order valence-electron chi connectivity index (χ2n) is 3.50. The molecule has 0 fully saturated rings. The lowest BCUT2D eigenvalue weighted by Crippen LogP contribution is -2.16. The first-order chi connectivity index (χ1) is 8.24. The van der Waals surface area contributed by atoms with Gasteiger partial charge in [-0.05, 0) is 36.2 Å². The number of esters is 1. The minimum absolute atomic E-state index is 0.226. The van der Waals surface area contributed by atoms with Gasteiger partial charge in [-0.1, -0.05) is 24.3 Å². The van der Waals surface area contributed by atoms with Crippen LogP contribution in [0.2, 0.25) is 0 Å². The van der Waals surface area contributed by atoms with Crippen LogP contribution in [-0.2, 0) is 16.0 Å². The average Bonchev–Trinajstić information content (AvgIpc) is 2.33. The van der Waals surface area contributed by atoms with Gasteiger partial charge in [0.1, 0.15) is 0 Å². The number of nitroso groups, excluding NO2 is 1. The van der Waals surface area contributed by atoms with E-state index in [2.05, 4.69) is 5.18 Å². The quantitative estimate of drug-likeness (QED) is 0.600. The standard InChI is InChI=1S/C12H16N2O3/c1-2-17-12(15)11(14-16)10-6-4-3-5-9(10)7-8-13/h3-6,11H,2,7-8,13H2,1H3. The monoisotopic (exact) mass is 236 g/mol. The zero-order valence-electron chi connectivity index (χ0n) is 9.76. The molecular weight excluding hydrogens is 220 g/mol. The maximum Gasteiger partial charge on any atom is 0.339 e. The van der Waals surface area contributed by atoms with Gasteiger partial charge >= 0.3 is 5.97 Å². The topological polar surface area (TPSA) is 81.8 Å². The Morgan fingerprint density at radius 1 is 1.47 bits per heavy atom. The first kappa shape index (κ1) is 13.3. The van der Waals surface area contributed by atoms with E-state index in [9.17, 15) is 9.70 Å². The van der Waals surface area contributed by atoms with Crippen LogP contribution in [0.3, 0.4) is 0 Å². The summed E-state index contributed by atoms with van der Waals surface area (Å²) in [5, 5.41) is 2.85. The molecule has 0 bridgehead atoms. The molecule has 0 saturated heterocycles. The van der Waals surface area contributed by atoms with E-state index in [1.165, 1.54) is 0 Å². The van der Waals surface area contributed by atoms with Crippen molar-refractivity contribution in [3.05, 3.63) is 40.3 Å². The SMILES string of the molecule is CCOC(=O)C(N=O)c1ccccc1CCN. The summed E-state index contributed by atoms with van der Waals surface area (Å²) in [7, 11) is 0. The predicted molar refractivity (Wildman–Crippen MR) is 64.4 cm³/mol. The van der Waals surface area contributed by atoms with Crippen molar-refractivity contribution in [1.29, 1.82) is 0 Å². The zero-order valence-corrected chi connectivity index (χ0v) is 9.76. The smallest absolute Gasteiger partial charge is 0.339 e. The fourth-order valence-corrected chi connectivity index (χ4v) is 1.63. The lowest BCUT2D eigenvalue weighted by atomic mass is 9.98. The van der Waals surface area contributed by atoms with Gasteiger partial charge in [-0.3, -0.25) is 0 Å². The minimum atomic E-state index is -1.10. The van der Waals surface area contributed by atoms with E-state index in [0.717, 1.165) is 5.56 Å². The second kappa shape index (κ2) is 6.75. The first-order valence-corrected chi connectivity index (χ1v) is 5.51. The third-order valence-electron chi connectivity index (χ3n) is 2.38. The minimum Gasteiger partial charge on any atom is -0.464 e. The Bertz CT molecular complexity index is 393. The highest BCUT2D eigenvalue weighted by Crippen LogP contribution is 2.23. The summed E-state index contributed by atoms with van der Waals surface area (Å²) in [6.45, 7) is 2.36. The molecule has 5 nitrogen and oxygen atoms in total. The van der Waals surface area contributed by atoms with Crippen LogP contribution in [0.1, 0.15) is 24.1 Å². The zero-order chi connectivity index (χ0) is 12.7. The molecule has 0 radical (unpaired) electrons. The van der Waals surface area contributed by atoms with Gasteiger partial charge < -0.3 is 10.5 Å². The maximum absolute atomic E-state index is 11.6. The molecule has 1 atom stereocenters. The molecule has 0 aliphatic heterocycles. The van der Waals surface area contributed by atoms with Crippen molar-refractivity contribution in [2.75, 3.05) is 13.2 Å². The van der Waals surface area contributed by atoms with Crippen molar-refractivity contribution in [2.24, 2.45) is 10.9 Å². The lowest BCUT2D eigenvalue weighted by Gasteiger charge is -2.12. The Kier molecular flexibility index (Phi) is 5.29. The van der Waals surface area contributed by atoms with Crippen LogP contribution in [0.25, 0.3) is 0 Å². The molecular formula is C12H16N2O3. The van der Waals surface area contributed by atoms with Crippen molar-refractivity contribution in [3.63, 3.8) is 0 Å². The summed E-state index contributed by atoms with van der Waals surface area (Å²) in [4.78, 5) is 22.4. The van der Waals surface area contributed by atoms with Gasteiger partial charge in [-0.2, -0.15) is 0 Å². The number of carbonyl (C=O) groups excluding carboxylic acids is 1. The van der Waals surface area contributed by atoms with Crippen LogP contribution < -0.4 is 5.73 Å². The summed E-state index contributed by atoms with van der Waals surface area (Å²) < 4.78 is 4.82. The summed E-state index contributed by atoms with van der Waals surface area (Å²) in [6, 6.07) is 6.03. The van der Waals surface area contributed by atoms with Gasteiger partial charge in [-0.25, -0.2) is 4.79 Å². The van der Waals surface area contributed by atoms with E-state index in [4.69, 9.17) is 10.5 Å². The van der Waals surface area contributed by atoms with E-state index in [-0.39, 0.29) is 6.61 Å². The van der Waals surface area contributed by atoms with E-state index in [1.807, 2.05) is 12.1 Å². The highest BCUT2D eigenvalue weighted by molar-refractivity contribution is 5.78. The van der Waals surface area contributed by atoms with E-state index in [0.29, 0.717) is 18.5 Å². The Balaban J connectivity index is 3.02. The van der Waals surface area contributed by atoms with Crippen LogP contribution in [0.5, 0.6) is 0 Å². The van der Waals surface area contributed by atoms with Crippen molar-refractivity contribution in [1.82, 2.24) is 0 Å². The van der Waals surface area contributed by atoms with Gasteiger partial charge in [0.25, 0.3) is 0 Å². The number of rotatable bonds is 6. The number of ether oxygens (including phenoxy) is 1. The van der Waals surface area contributed by atoms with Crippen LogP contribution >= 0.6 is 0 Å². The Labute approximate surface area is 99.9 Å². The van der Waals surface area contributed by atoms with Crippen molar-refractivity contribution in [2.45, 2.75) is 19.4 Å². The molecule has 2 N–H and O–H groups in total. The van der Waals surface area contributed by atoms with Crippen molar-refractivity contribution < 1.29 is 9.53 Å². The molecule has 0 aliphatic carbocycles. The number of nitrogens with zero attached hydrogens (tertiary/aromatic N) is 1. The number of hydrogen-bond donors (Lipinski definition) is 1. The van der Waals surface area contributed by atoms with E-state index in [1.54, 1.807) is 19.1 Å². The van der Waals surface area contributed by atoms with Gasteiger partial charge in [0, 0.05) is 0 Å². The molecule has 5 heteroatoms. The van der Waals surface area contributed by atoms with Gasteiger partial charge in [0.2, 0.25) is 6.04 Å². The normalized spacial score (nSPS) is 11.9. The Hall–Kier alpha value is -1.75. The molecule has 92 valence electrons. The first-order valence-electron chi connectivity index (χ1n) is 5.51. The lowest BCUT2D eigenvalue weighted by molar-refractivity contribution is -0.144. The number of carbonyl (C=O) groups is 1. The molecule has 0 aliphatic rings. The largest absolute Gasteiger partial charge is 0.464 e. The second-order valence-corrected chi connectivity index (χ2v) is 3.50. The summed E-state index contributed by atoms with van der Waals surface area (Å²) in [6.07, 6.45) is 0.599. The van der Waals surface area contributed by atoms with Gasteiger partial charge in [-0.15, -0.1) is 4.91 Å². The molecule has 1 aromatic rings. The molecule has 0 heterocycles. The summed E-state index contributed by atoms with van der Waals surface area (Å²) in [5.74, 6) is -0.619. The van der Waals surface area contributed by atoms with Gasteiger partial charge in [0.15, 0.2) is 0 Å². The van der Waals surface area contributed by atoms with E-state index >= 15 is 0 Å². The van der Waals surface area contributed by atoms with E-state index < -0.39 is 12.0 Å². The van der Waals surface area contributed by atoms with Crippen molar-refractivity contribution >= 4 is 5.97 Å². The summed E-state index contributed by atoms with van der Waals surface area (Å²) in [5.41, 5.74) is 6.91. The van der Waals surface area contributed by atoms with Crippen LogP contribution in [0.4, 0.5) is 0 Å². The Morgan fingerprint density at radius 2 is 2.18 bits per heavy atom. The van der Waals surface area contributed by atoms with Crippen LogP contribution in [0.15, 0.2) is 29.4 Å². The fourth-order valence-electron chi connectivity index (χ4n) is 1.63. The third-order valence-corrected chi connectivity index (χ3v) is 2.38. The average molecular weight is 236 g/mol. The fraction of sp³-hybridized carbons (Fsp3) is 0.417. The molecule has 1 unspecified atom stereocenters. The van der Waals surface area contributed by atoms with Crippen LogP contribution in [-0.4, -0.2) is 19.1 Å².